The summed E-state index contributed by atoms with van der Waals surface area (Å²) >= 11 is 5.79. The Hall–Kier alpha value is -0.950. The zero-order valence-electron chi connectivity index (χ0n) is 11.4. The first-order valence-corrected chi connectivity index (χ1v) is 8.13. The monoisotopic (exact) mass is 306 g/mol. The lowest BCUT2D eigenvalue weighted by molar-refractivity contribution is 0.291. The van der Waals surface area contributed by atoms with E-state index in [4.69, 9.17) is 16.3 Å². The summed E-state index contributed by atoms with van der Waals surface area (Å²) in [5.74, 6) is 0.375. The number of aromatic nitrogens is 3. The third kappa shape index (κ3) is 6.15. The molecule has 0 saturated heterocycles. The first-order valence-electron chi connectivity index (χ1n) is 6.13. The molecule has 108 valence electrons. The molecule has 6 nitrogen and oxygen atoms in total. The van der Waals surface area contributed by atoms with Gasteiger partial charge in [0.2, 0.25) is 11.2 Å². The minimum atomic E-state index is -0.825. The first kappa shape index (κ1) is 16.1. The van der Waals surface area contributed by atoms with Crippen LogP contribution in [0.2, 0.25) is 5.28 Å². The van der Waals surface area contributed by atoms with E-state index in [1.165, 1.54) is 0 Å². The Labute approximate surface area is 120 Å². The van der Waals surface area contributed by atoms with Crippen molar-refractivity contribution in [1.82, 2.24) is 15.0 Å². The molecule has 1 aromatic rings. The van der Waals surface area contributed by atoms with E-state index in [-0.39, 0.29) is 16.5 Å². The van der Waals surface area contributed by atoms with Crippen molar-refractivity contribution < 1.29 is 8.95 Å². The van der Waals surface area contributed by atoms with Gasteiger partial charge in [-0.25, -0.2) is 0 Å². The molecule has 2 unspecified atom stereocenters. The molecule has 0 aliphatic heterocycles. The minimum absolute atomic E-state index is 0.0933. The highest BCUT2D eigenvalue weighted by atomic mass is 35.5. The van der Waals surface area contributed by atoms with Gasteiger partial charge in [-0.05, 0) is 24.4 Å². The fraction of sp³-hybridized carbons (Fsp3) is 0.727. The zero-order chi connectivity index (χ0) is 14.3. The molecule has 2 atom stereocenters. The zero-order valence-corrected chi connectivity index (χ0v) is 12.9. The summed E-state index contributed by atoms with van der Waals surface area (Å²) in [4.78, 5) is 11.9. The van der Waals surface area contributed by atoms with Gasteiger partial charge in [-0.2, -0.15) is 15.0 Å². The molecule has 0 amide bonds. The van der Waals surface area contributed by atoms with Gasteiger partial charge < -0.3 is 10.1 Å². The third-order valence-electron chi connectivity index (χ3n) is 2.42. The van der Waals surface area contributed by atoms with Crippen molar-refractivity contribution >= 4 is 28.3 Å². The second-order valence-electron chi connectivity index (χ2n) is 4.08. The fourth-order valence-corrected chi connectivity index (χ4v) is 1.82. The summed E-state index contributed by atoms with van der Waals surface area (Å²) in [5, 5.41) is 3.25. The van der Waals surface area contributed by atoms with Gasteiger partial charge in [-0.1, -0.05) is 13.8 Å². The molecule has 1 heterocycles. The van der Waals surface area contributed by atoms with E-state index < -0.39 is 10.8 Å². The topological polar surface area (TPSA) is 77.0 Å². The smallest absolute Gasteiger partial charge is 0.322 e. The minimum Gasteiger partial charge on any atom is -0.463 e. The van der Waals surface area contributed by atoms with Crippen LogP contribution in [0.15, 0.2) is 0 Å². The normalized spacial score (nSPS) is 13.9. The van der Waals surface area contributed by atoms with E-state index in [2.05, 4.69) is 20.3 Å². The molecule has 8 heteroatoms. The average molecular weight is 307 g/mol. The lowest BCUT2D eigenvalue weighted by Crippen LogP contribution is -2.16. The Balaban J connectivity index is 2.53. The summed E-state index contributed by atoms with van der Waals surface area (Å²) in [6.07, 6.45) is 3.32. The van der Waals surface area contributed by atoms with Crippen molar-refractivity contribution in [3.05, 3.63) is 5.28 Å². The largest absolute Gasteiger partial charge is 0.463 e. The van der Waals surface area contributed by atoms with Crippen molar-refractivity contribution in [2.24, 2.45) is 0 Å². The molecular formula is C11H19ClN4O2S. The number of halogens is 1. The van der Waals surface area contributed by atoms with Gasteiger partial charge in [0.25, 0.3) is 0 Å². The summed E-state index contributed by atoms with van der Waals surface area (Å²) < 4.78 is 16.5. The van der Waals surface area contributed by atoms with E-state index in [0.717, 1.165) is 12.8 Å². The SMILES string of the molecule is CCCOc1nc(Cl)nc(NCCC(C)S(C)=O)n1. The molecule has 0 fully saturated rings. The molecular weight excluding hydrogens is 288 g/mol. The highest BCUT2D eigenvalue weighted by molar-refractivity contribution is 7.84. The van der Waals surface area contributed by atoms with Crippen LogP contribution in [-0.4, -0.2) is 43.8 Å². The van der Waals surface area contributed by atoms with Crippen molar-refractivity contribution in [1.29, 1.82) is 0 Å². The highest BCUT2D eigenvalue weighted by Gasteiger charge is 2.08. The Kier molecular flexibility index (Phi) is 7.01. The second kappa shape index (κ2) is 8.27. The van der Waals surface area contributed by atoms with Gasteiger partial charge >= 0.3 is 6.01 Å². The van der Waals surface area contributed by atoms with E-state index in [9.17, 15) is 4.21 Å². The standard InChI is InChI=1S/C11H19ClN4O2S/c1-4-7-18-11-15-9(12)14-10(16-11)13-6-5-8(2)19(3)17/h8H,4-7H2,1-3H3,(H,13,14,15,16). The molecule has 1 aromatic heterocycles. The van der Waals surface area contributed by atoms with Crippen LogP contribution >= 0.6 is 11.6 Å². The van der Waals surface area contributed by atoms with Crippen LogP contribution in [0.3, 0.4) is 0 Å². The fourth-order valence-electron chi connectivity index (χ4n) is 1.22. The van der Waals surface area contributed by atoms with Crippen LogP contribution in [0.1, 0.15) is 26.7 Å². The average Bonchev–Trinajstić information content (AvgIpc) is 2.35. The maximum absolute atomic E-state index is 11.2. The van der Waals surface area contributed by atoms with Crippen molar-refractivity contribution in [2.45, 2.75) is 31.9 Å². The molecule has 0 aliphatic carbocycles. The summed E-state index contributed by atoms with van der Waals surface area (Å²) in [6.45, 7) is 5.09. The van der Waals surface area contributed by atoms with Crippen LogP contribution in [0.25, 0.3) is 0 Å². The van der Waals surface area contributed by atoms with Crippen LogP contribution in [-0.2, 0) is 10.8 Å². The second-order valence-corrected chi connectivity index (χ2v) is 6.22. The highest BCUT2D eigenvalue weighted by Crippen LogP contribution is 2.12. The number of hydrogen-bond acceptors (Lipinski definition) is 6. The molecule has 0 saturated carbocycles. The number of rotatable bonds is 8. The lowest BCUT2D eigenvalue weighted by Gasteiger charge is -2.10. The van der Waals surface area contributed by atoms with Gasteiger partial charge in [-0.3, -0.25) is 4.21 Å². The van der Waals surface area contributed by atoms with Crippen LogP contribution in [0.5, 0.6) is 6.01 Å². The Bertz CT molecular complexity index is 433. The molecule has 0 bridgehead atoms. The summed E-state index contributed by atoms with van der Waals surface area (Å²) in [7, 11) is -0.825. The molecule has 1 rings (SSSR count). The molecule has 0 radical (unpaired) electrons. The summed E-state index contributed by atoms with van der Waals surface area (Å²) in [6, 6.07) is 0.219. The summed E-state index contributed by atoms with van der Waals surface area (Å²) in [5.41, 5.74) is 0. The van der Waals surface area contributed by atoms with Crippen LogP contribution in [0, 0.1) is 0 Å². The van der Waals surface area contributed by atoms with Crippen molar-refractivity contribution in [3.63, 3.8) is 0 Å². The number of hydrogen-bond donors (Lipinski definition) is 1. The molecule has 1 N–H and O–H groups in total. The van der Waals surface area contributed by atoms with Crippen LogP contribution < -0.4 is 10.1 Å². The van der Waals surface area contributed by atoms with E-state index >= 15 is 0 Å². The Morgan fingerprint density at radius 2 is 2.16 bits per heavy atom. The quantitative estimate of drug-likeness (QED) is 0.790. The van der Waals surface area contributed by atoms with Crippen molar-refractivity contribution in [3.8, 4) is 6.01 Å². The molecule has 19 heavy (non-hydrogen) atoms. The maximum atomic E-state index is 11.2. The third-order valence-corrected chi connectivity index (χ3v) is 3.96. The van der Waals surface area contributed by atoms with E-state index in [1.807, 2.05) is 13.8 Å². The predicted octanol–water partition coefficient (Wildman–Crippen LogP) is 1.88. The van der Waals surface area contributed by atoms with Gasteiger partial charge in [0.15, 0.2) is 0 Å². The van der Waals surface area contributed by atoms with Gasteiger partial charge in [0, 0.05) is 28.9 Å². The Morgan fingerprint density at radius 3 is 2.79 bits per heavy atom. The van der Waals surface area contributed by atoms with E-state index in [1.54, 1.807) is 6.26 Å². The van der Waals surface area contributed by atoms with Crippen molar-refractivity contribution in [2.75, 3.05) is 24.7 Å². The number of ether oxygens (including phenoxy) is 1. The van der Waals surface area contributed by atoms with Gasteiger partial charge in [-0.15, -0.1) is 0 Å². The maximum Gasteiger partial charge on any atom is 0.322 e. The van der Waals surface area contributed by atoms with Gasteiger partial charge in [0.1, 0.15) is 0 Å². The van der Waals surface area contributed by atoms with Gasteiger partial charge in [0.05, 0.1) is 6.61 Å². The number of anilines is 1. The number of nitrogens with one attached hydrogen (secondary N) is 1. The van der Waals surface area contributed by atoms with E-state index in [0.29, 0.717) is 19.1 Å². The Morgan fingerprint density at radius 1 is 1.42 bits per heavy atom. The predicted molar refractivity (Wildman–Crippen MR) is 77.3 cm³/mol. The molecule has 0 aromatic carbocycles. The first-order chi connectivity index (χ1) is 9.02. The molecule has 0 spiro atoms. The molecule has 0 aliphatic rings. The van der Waals surface area contributed by atoms with Crippen LogP contribution in [0.4, 0.5) is 5.95 Å². The lowest BCUT2D eigenvalue weighted by atomic mass is 10.3. The number of nitrogens with zero attached hydrogens (tertiary/aromatic N) is 3.